The van der Waals surface area contributed by atoms with Gasteiger partial charge in [-0.25, -0.2) is 4.79 Å². The largest absolute Gasteiger partial charge is 0.466 e. The molecule has 4 N–H and O–H groups in total. The number of amides is 3. The monoisotopic (exact) mass is 365 g/mol. The van der Waals surface area contributed by atoms with E-state index in [2.05, 4.69) is 10.6 Å². The number of hydrogen-bond acceptors (Lipinski definition) is 4. The Morgan fingerprint density at radius 2 is 1.65 bits per heavy atom. The third-order valence-corrected chi connectivity index (χ3v) is 6.52. The second-order valence-electron chi connectivity index (χ2n) is 8.21. The first-order chi connectivity index (χ1) is 12.5. The predicted octanol–water partition coefficient (Wildman–Crippen LogP) is 1.41. The van der Waals surface area contributed by atoms with Gasteiger partial charge in [0, 0.05) is 19.5 Å². The summed E-state index contributed by atoms with van der Waals surface area (Å²) < 4.78 is 5.34. The lowest BCUT2D eigenvalue weighted by molar-refractivity contribution is -0.157. The van der Waals surface area contributed by atoms with Crippen LogP contribution in [0, 0.1) is 35.5 Å². The molecule has 7 heteroatoms. The van der Waals surface area contributed by atoms with Crippen LogP contribution in [0.15, 0.2) is 0 Å². The molecule has 0 aromatic heterocycles. The van der Waals surface area contributed by atoms with Gasteiger partial charge < -0.3 is 21.1 Å². The lowest BCUT2D eigenvalue weighted by Gasteiger charge is -2.56. The number of carbonyl (C=O) groups excluding carboxylic acids is 3. The van der Waals surface area contributed by atoms with Crippen molar-refractivity contribution in [2.24, 2.45) is 41.2 Å². The van der Waals surface area contributed by atoms with Gasteiger partial charge in [-0.05, 0) is 68.6 Å². The minimum Gasteiger partial charge on any atom is -0.466 e. The zero-order chi connectivity index (χ0) is 18.7. The summed E-state index contributed by atoms with van der Waals surface area (Å²) in [6, 6.07) is -0.643. The van der Waals surface area contributed by atoms with Gasteiger partial charge in [0.25, 0.3) is 0 Å². The van der Waals surface area contributed by atoms with Crippen LogP contribution in [0.3, 0.4) is 0 Å². The van der Waals surface area contributed by atoms with Gasteiger partial charge in [0.15, 0.2) is 0 Å². The third-order valence-electron chi connectivity index (χ3n) is 6.52. The molecule has 0 aromatic carbocycles. The number of carbonyl (C=O) groups is 3. The summed E-state index contributed by atoms with van der Waals surface area (Å²) in [4.78, 5) is 35.4. The first-order valence-electron chi connectivity index (χ1n) is 9.94. The Bertz CT molecular complexity index is 523. The van der Waals surface area contributed by atoms with E-state index >= 15 is 0 Å². The summed E-state index contributed by atoms with van der Waals surface area (Å²) >= 11 is 0. The predicted molar refractivity (Wildman–Crippen MR) is 95.9 cm³/mol. The van der Waals surface area contributed by atoms with E-state index in [-0.39, 0.29) is 30.8 Å². The number of esters is 1. The molecule has 146 valence electrons. The Kier molecular flexibility index (Phi) is 6.04. The first kappa shape index (κ1) is 19.0. The number of ether oxygens (including phenoxy) is 1. The van der Waals surface area contributed by atoms with Crippen molar-refractivity contribution in [3.63, 3.8) is 0 Å². The van der Waals surface area contributed by atoms with E-state index < -0.39 is 6.03 Å². The van der Waals surface area contributed by atoms with E-state index in [1.54, 1.807) is 0 Å². The van der Waals surface area contributed by atoms with Gasteiger partial charge in [0.2, 0.25) is 5.91 Å². The minimum atomic E-state index is -0.643. The Morgan fingerprint density at radius 1 is 1.04 bits per heavy atom. The van der Waals surface area contributed by atoms with Crippen LogP contribution < -0.4 is 16.4 Å². The van der Waals surface area contributed by atoms with Crippen molar-refractivity contribution >= 4 is 17.9 Å². The van der Waals surface area contributed by atoms with Crippen molar-refractivity contribution in [3.05, 3.63) is 0 Å². The van der Waals surface area contributed by atoms with Crippen LogP contribution in [-0.4, -0.2) is 37.6 Å². The summed E-state index contributed by atoms with van der Waals surface area (Å²) in [6.07, 6.45) is 6.43. The molecule has 4 bridgehead atoms. The normalized spacial score (nSPS) is 32.7. The molecule has 0 aliphatic heterocycles. The maximum absolute atomic E-state index is 12.6. The summed E-state index contributed by atoms with van der Waals surface area (Å²) in [5.74, 6) is 2.56. The van der Waals surface area contributed by atoms with E-state index in [1.807, 2.05) is 6.92 Å². The zero-order valence-electron chi connectivity index (χ0n) is 15.5. The number of primary amides is 1. The summed E-state index contributed by atoms with van der Waals surface area (Å²) in [5.41, 5.74) is 5.00. The van der Waals surface area contributed by atoms with E-state index in [9.17, 15) is 14.4 Å². The van der Waals surface area contributed by atoms with Crippen LogP contribution in [0.25, 0.3) is 0 Å². The van der Waals surface area contributed by atoms with Gasteiger partial charge in [0.05, 0.1) is 12.5 Å². The lowest BCUT2D eigenvalue weighted by atomic mass is 9.49. The molecule has 3 amide bonds. The fourth-order valence-electron chi connectivity index (χ4n) is 5.86. The third kappa shape index (κ3) is 4.30. The standard InChI is InChI=1S/C19H31N3O4/c1-2-26-18(24)15(10-22-16(23)3-4-21-19(20)25)17-13-6-11-5-12(8-13)9-14(17)7-11/h11-15,17H,2-10H2,1H3,(H,22,23)(H3,20,21,25)/t11?,12?,13?,14?,15-,17?/m0/s1. The molecule has 0 unspecified atom stereocenters. The van der Waals surface area contributed by atoms with E-state index in [0.717, 1.165) is 11.8 Å². The molecule has 4 aliphatic rings. The second-order valence-corrected chi connectivity index (χ2v) is 8.21. The van der Waals surface area contributed by atoms with Crippen molar-refractivity contribution in [2.75, 3.05) is 19.7 Å². The van der Waals surface area contributed by atoms with Crippen LogP contribution >= 0.6 is 0 Å². The van der Waals surface area contributed by atoms with E-state index in [0.29, 0.717) is 30.9 Å². The Hall–Kier alpha value is -1.79. The fraction of sp³-hybridized carbons (Fsp3) is 0.842. The van der Waals surface area contributed by atoms with Crippen molar-refractivity contribution in [1.82, 2.24) is 10.6 Å². The van der Waals surface area contributed by atoms with Gasteiger partial charge in [0.1, 0.15) is 0 Å². The zero-order valence-corrected chi connectivity index (χ0v) is 15.5. The Morgan fingerprint density at radius 3 is 2.19 bits per heavy atom. The van der Waals surface area contributed by atoms with Gasteiger partial charge in [-0.15, -0.1) is 0 Å². The average molecular weight is 365 g/mol. The summed E-state index contributed by atoms with van der Waals surface area (Å²) in [7, 11) is 0. The highest BCUT2D eigenvalue weighted by atomic mass is 16.5. The molecule has 1 atom stereocenters. The molecule has 4 rings (SSSR count). The number of nitrogens with two attached hydrogens (primary N) is 1. The molecule has 0 aromatic rings. The molecular weight excluding hydrogens is 334 g/mol. The number of rotatable bonds is 8. The van der Waals surface area contributed by atoms with E-state index in [4.69, 9.17) is 10.5 Å². The maximum atomic E-state index is 12.6. The second kappa shape index (κ2) is 8.27. The highest BCUT2D eigenvalue weighted by Crippen LogP contribution is 2.58. The Labute approximate surface area is 154 Å². The van der Waals surface area contributed by atoms with E-state index in [1.165, 1.54) is 32.1 Å². The maximum Gasteiger partial charge on any atom is 0.312 e. The van der Waals surface area contributed by atoms with Gasteiger partial charge in [-0.1, -0.05) is 0 Å². The molecular formula is C19H31N3O4. The highest BCUT2D eigenvalue weighted by molar-refractivity contribution is 5.79. The summed E-state index contributed by atoms with van der Waals surface area (Å²) in [6.45, 7) is 2.70. The molecule has 0 saturated heterocycles. The molecule has 0 spiro atoms. The molecule has 0 radical (unpaired) electrons. The molecule has 4 fully saturated rings. The average Bonchev–Trinajstić information content (AvgIpc) is 2.56. The van der Waals surface area contributed by atoms with Crippen molar-refractivity contribution < 1.29 is 19.1 Å². The van der Waals surface area contributed by atoms with Crippen molar-refractivity contribution in [1.29, 1.82) is 0 Å². The van der Waals surface area contributed by atoms with Crippen LogP contribution in [-0.2, 0) is 14.3 Å². The topological polar surface area (TPSA) is 111 Å². The minimum absolute atomic E-state index is 0.153. The number of hydrogen-bond donors (Lipinski definition) is 3. The van der Waals surface area contributed by atoms with Crippen molar-refractivity contribution in [3.8, 4) is 0 Å². The smallest absolute Gasteiger partial charge is 0.312 e. The molecule has 7 nitrogen and oxygen atoms in total. The van der Waals surface area contributed by atoms with Crippen LogP contribution in [0.2, 0.25) is 0 Å². The Balaban J connectivity index is 1.60. The van der Waals surface area contributed by atoms with Gasteiger partial charge in [-0.3, -0.25) is 9.59 Å². The molecule has 4 aliphatic carbocycles. The van der Waals surface area contributed by atoms with Crippen LogP contribution in [0.5, 0.6) is 0 Å². The highest BCUT2D eigenvalue weighted by Gasteiger charge is 2.52. The lowest BCUT2D eigenvalue weighted by Crippen LogP contribution is -2.52. The summed E-state index contributed by atoms with van der Waals surface area (Å²) in [5, 5.41) is 5.27. The number of urea groups is 1. The molecule has 4 saturated carbocycles. The SMILES string of the molecule is CCOC(=O)[C@@H](CNC(=O)CCNC(N)=O)C1C2CC3CC(C2)CC1C3. The molecule has 0 heterocycles. The van der Waals surface area contributed by atoms with Crippen LogP contribution in [0.1, 0.15) is 45.4 Å². The van der Waals surface area contributed by atoms with Gasteiger partial charge in [-0.2, -0.15) is 0 Å². The molecule has 26 heavy (non-hydrogen) atoms. The quantitative estimate of drug-likeness (QED) is 0.565. The fourth-order valence-corrected chi connectivity index (χ4v) is 5.86. The van der Waals surface area contributed by atoms with Crippen LogP contribution in [0.4, 0.5) is 4.79 Å². The van der Waals surface area contributed by atoms with Crippen molar-refractivity contribution in [2.45, 2.75) is 45.4 Å². The first-order valence-corrected chi connectivity index (χ1v) is 9.94. The number of nitrogens with one attached hydrogen (secondary N) is 2. The van der Waals surface area contributed by atoms with Gasteiger partial charge >= 0.3 is 12.0 Å².